The Morgan fingerprint density at radius 2 is 0.926 bits per heavy atom. The SMILES string of the molecule is C(#CC(c1ccccc1)c1ccc(-c2ccccc2)cc1)c1ccccc1. The van der Waals surface area contributed by atoms with E-state index >= 15 is 0 Å². The smallest absolute Gasteiger partial charge is 0.0705 e. The van der Waals surface area contributed by atoms with E-state index < -0.39 is 0 Å². The van der Waals surface area contributed by atoms with E-state index in [0.717, 1.165) is 5.56 Å². The second-order valence-corrected chi connectivity index (χ2v) is 6.47. The van der Waals surface area contributed by atoms with Crippen LogP contribution in [0, 0.1) is 11.8 Å². The number of benzene rings is 4. The number of hydrogen-bond donors (Lipinski definition) is 0. The highest BCUT2D eigenvalue weighted by atomic mass is 14.1. The summed E-state index contributed by atoms with van der Waals surface area (Å²) in [5.74, 6) is 6.87. The molecule has 0 aromatic heterocycles. The van der Waals surface area contributed by atoms with Crippen LogP contribution in [0.1, 0.15) is 22.6 Å². The van der Waals surface area contributed by atoms with Crippen LogP contribution >= 0.6 is 0 Å². The lowest BCUT2D eigenvalue weighted by molar-refractivity contribution is 1.06. The first-order valence-corrected chi connectivity index (χ1v) is 9.17. The highest BCUT2D eigenvalue weighted by Crippen LogP contribution is 2.27. The highest BCUT2D eigenvalue weighted by molar-refractivity contribution is 5.64. The summed E-state index contributed by atoms with van der Waals surface area (Å²) in [6.07, 6.45) is 0. The summed E-state index contributed by atoms with van der Waals surface area (Å²) in [6, 6.07) is 39.9. The third-order valence-electron chi connectivity index (χ3n) is 4.62. The first-order chi connectivity index (χ1) is 13.4. The van der Waals surface area contributed by atoms with Crippen molar-refractivity contribution >= 4 is 0 Å². The van der Waals surface area contributed by atoms with Crippen molar-refractivity contribution in [1.29, 1.82) is 0 Å². The van der Waals surface area contributed by atoms with Gasteiger partial charge in [-0.3, -0.25) is 0 Å². The molecule has 0 aliphatic carbocycles. The minimum Gasteiger partial charge on any atom is -0.0848 e. The zero-order chi connectivity index (χ0) is 18.3. The molecule has 0 bridgehead atoms. The molecule has 4 rings (SSSR count). The molecule has 0 amide bonds. The van der Waals surface area contributed by atoms with Gasteiger partial charge in [0.1, 0.15) is 0 Å². The molecular weight excluding hydrogens is 324 g/mol. The van der Waals surface area contributed by atoms with Crippen LogP contribution in [-0.4, -0.2) is 0 Å². The minimum atomic E-state index is 0.0521. The van der Waals surface area contributed by atoms with Crippen molar-refractivity contribution < 1.29 is 0 Å². The van der Waals surface area contributed by atoms with Crippen molar-refractivity contribution in [3.63, 3.8) is 0 Å². The predicted octanol–water partition coefficient (Wildman–Crippen LogP) is 6.54. The van der Waals surface area contributed by atoms with Gasteiger partial charge in [0.05, 0.1) is 5.92 Å². The van der Waals surface area contributed by atoms with E-state index in [1.54, 1.807) is 0 Å². The zero-order valence-corrected chi connectivity index (χ0v) is 15.0. The summed E-state index contributed by atoms with van der Waals surface area (Å²) in [5.41, 5.74) is 5.93. The van der Waals surface area contributed by atoms with Gasteiger partial charge in [-0.15, -0.1) is 0 Å². The van der Waals surface area contributed by atoms with Crippen LogP contribution in [0.3, 0.4) is 0 Å². The maximum atomic E-state index is 3.48. The minimum absolute atomic E-state index is 0.0521. The Bertz CT molecular complexity index is 1040. The van der Waals surface area contributed by atoms with Crippen molar-refractivity contribution in [3.05, 3.63) is 132 Å². The van der Waals surface area contributed by atoms with Crippen LogP contribution in [-0.2, 0) is 0 Å². The maximum Gasteiger partial charge on any atom is 0.0705 e. The first-order valence-electron chi connectivity index (χ1n) is 9.17. The summed E-state index contributed by atoms with van der Waals surface area (Å²) in [6.45, 7) is 0. The monoisotopic (exact) mass is 344 g/mol. The van der Waals surface area contributed by atoms with Crippen LogP contribution in [0.5, 0.6) is 0 Å². The third-order valence-corrected chi connectivity index (χ3v) is 4.62. The van der Waals surface area contributed by atoms with Gasteiger partial charge in [0, 0.05) is 5.56 Å². The summed E-state index contributed by atoms with van der Waals surface area (Å²) < 4.78 is 0. The van der Waals surface area contributed by atoms with E-state index in [0.29, 0.717) is 0 Å². The van der Waals surface area contributed by atoms with E-state index in [-0.39, 0.29) is 5.92 Å². The van der Waals surface area contributed by atoms with E-state index in [9.17, 15) is 0 Å². The fraction of sp³-hybridized carbons (Fsp3) is 0.0370. The lowest BCUT2D eigenvalue weighted by atomic mass is 9.90. The van der Waals surface area contributed by atoms with Crippen molar-refractivity contribution in [1.82, 2.24) is 0 Å². The highest BCUT2D eigenvalue weighted by Gasteiger charge is 2.11. The predicted molar refractivity (Wildman–Crippen MR) is 113 cm³/mol. The quantitative estimate of drug-likeness (QED) is 0.370. The van der Waals surface area contributed by atoms with Gasteiger partial charge >= 0.3 is 0 Å². The maximum absolute atomic E-state index is 3.48. The number of rotatable bonds is 3. The first kappa shape index (κ1) is 16.9. The zero-order valence-electron chi connectivity index (χ0n) is 15.0. The van der Waals surface area contributed by atoms with Gasteiger partial charge < -0.3 is 0 Å². The van der Waals surface area contributed by atoms with Crippen LogP contribution in [0.4, 0.5) is 0 Å². The summed E-state index contributed by atoms with van der Waals surface area (Å²) in [7, 11) is 0. The average Bonchev–Trinajstić information content (AvgIpc) is 2.76. The molecule has 1 atom stereocenters. The molecule has 128 valence electrons. The van der Waals surface area contributed by atoms with Crippen molar-refractivity contribution in [2.45, 2.75) is 5.92 Å². The molecule has 0 aliphatic rings. The second-order valence-electron chi connectivity index (χ2n) is 6.47. The van der Waals surface area contributed by atoms with Crippen molar-refractivity contribution in [2.24, 2.45) is 0 Å². The van der Waals surface area contributed by atoms with E-state index in [4.69, 9.17) is 0 Å². The molecule has 0 fully saturated rings. The molecule has 0 spiro atoms. The summed E-state index contributed by atoms with van der Waals surface area (Å²) in [5, 5.41) is 0. The van der Waals surface area contributed by atoms with Crippen LogP contribution in [0.25, 0.3) is 11.1 Å². The average molecular weight is 344 g/mol. The van der Waals surface area contributed by atoms with Gasteiger partial charge in [-0.2, -0.15) is 0 Å². The van der Waals surface area contributed by atoms with Crippen LogP contribution in [0.15, 0.2) is 115 Å². The molecule has 0 aliphatic heterocycles. The summed E-state index contributed by atoms with van der Waals surface area (Å²) >= 11 is 0. The summed E-state index contributed by atoms with van der Waals surface area (Å²) in [4.78, 5) is 0. The third kappa shape index (κ3) is 4.17. The number of hydrogen-bond acceptors (Lipinski definition) is 0. The van der Waals surface area contributed by atoms with Gasteiger partial charge in [0.2, 0.25) is 0 Å². The Balaban J connectivity index is 1.70. The molecular formula is C27H20. The molecule has 27 heavy (non-hydrogen) atoms. The second kappa shape index (κ2) is 8.21. The van der Waals surface area contributed by atoms with Gasteiger partial charge in [-0.25, -0.2) is 0 Å². The van der Waals surface area contributed by atoms with Gasteiger partial charge in [0.15, 0.2) is 0 Å². The lowest BCUT2D eigenvalue weighted by Gasteiger charge is -2.13. The molecule has 4 aromatic rings. The molecule has 0 heterocycles. The van der Waals surface area contributed by atoms with E-state index in [2.05, 4.69) is 84.6 Å². The Labute approximate surface area is 161 Å². The van der Waals surface area contributed by atoms with Gasteiger partial charge in [-0.05, 0) is 34.4 Å². The molecule has 0 heteroatoms. The molecule has 4 aromatic carbocycles. The standard InChI is InChI=1S/C27H20/c1-4-10-22(11-5-1)16-21-27(25-14-8-3-9-15-25)26-19-17-24(18-20-26)23-12-6-2-7-13-23/h1-15,17-20,27H. The van der Waals surface area contributed by atoms with Gasteiger partial charge in [-0.1, -0.05) is 115 Å². The normalized spacial score (nSPS) is 11.3. The Morgan fingerprint density at radius 3 is 1.56 bits per heavy atom. The topological polar surface area (TPSA) is 0 Å². The van der Waals surface area contributed by atoms with Crippen molar-refractivity contribution in [2.75, 3.05) is 0 Å². The Morgan fingerprint density at radius 1 is 0.444 bits per heavy atom. The fourth-order valence-electron chi connectivity index (χ4n) is 3.18. The van der Waals surface area contributed by atoms with Crippen molar-refractivity contribution in [3.8, 4) is 23.0 Å². The largest absolute Gasteiger partial charge is 0.0848 e. The Kier molecular flexibility index (Phi) is 5.14. The van der Waals surface area contributed by atoms with Gasteiger partial charge in [0.25, 0.3) is 0 Å². The molecule has 0 saturated carbocycles. The Hall–Kier alpha value is -3.56. The lowest BCUT2D eigenvalue weighted by Crippen LogP contribution is -1.98. The molecule has 0 saturated heterocycles. The van der Waals surface area contributed by atoms with E-state index in [1.807, 2.05) is 42.5 Å². The molecule has 0 N–H and O–H groups in total. The van der Waals surface area contributed by atoms with Crippen LogP contribution in [0.2, 0.25) is 0 Å². The van der Waals surface area contributed by atoms with E-state index in [1.165, 1.54) is 22.3 Å². The molecule has 0 nitrogen and oxygen atoms in total. The van der Waals surface area contributed by atoms with Crippen LogP contribution < -0.4 is 0 Å². The molecule has 0 radical (unpaired) electrons. The fourth-order valence-corrected chi connectivity index (χ4v) is 3.18. The molecule has 1 unspecified atom stereocenters.